The summed E-state index contributed by atoms with van der Waals surface area (Å²) in [5.41, 5.74) is 0. The third kappa shape index (κ3) is 12.9. The minimum absolute atomic E-state index is 0.557. The highest BCUT2D eigenvalue weighted by molar-refractivity contribution is 6.25. The first kappa shape index (κ1) is 13.4. The van der Waals surface area contributed by atoms with Gasteiger partial charge >= 0.3 is 12.1 Å². The fourth-order valence-corrected chi connectivity index (χ4v) is 0. The lowest BCUT2D eigenvalue weighted by molar-refractivity contribution is -0.192. The van der Waals surface area contributed by atoms with Crippen LogP contribution in [-0.2, 0) is 4.79 Å². The van der Waals surface area contributed by atoms with Crippen LogP contribution < -0.4 is 0 Å². The normalized spacial score (nSPS) is 9.91. The molecule has 68 valence electrons. The summed E-state index contributed by atoms with van der Waals surface area (Å²) in [6.07, 6.45) is -5.08. The first-order chi connectivity index (χ1) is 4.86. The first-order valence-corrected chi connectivity index (χ1v) is 3.35. The fraction of sp³-hybridized carbons (Fsp3) is 0.750. The maximum absolute atomic E-state index is 10.6. The van der Waals surface area contributed by atoms with Crippen molar-refractivity contribution < 1.29 is 23.1 Å². The zero-order valence-electron chi connectivity index (χ0n) is 5.16. The second-order valence-electron chi connectivity index (χ2n) is 1.18. The molecule has 7 heteroatoms. The lowest BCUT2D eigenvalue weighted by Gasteiger charge is -1.93. The molecular weight excluding hydrogens is 208 g/mol. The third-order valence-corrected chi connectivity index (χ3v) is 0.885. The molecule has 0 fully saturated rings. The summed E-state index contributed by atoms with van der Waals surface area (Å²) < 4.78 is 31.7. The van der Waals surface area contributed by atoms with Gasteiger partial charge in [-0.2, -0.15) is 13.2 Å². The van der Waals surface area contributed by atoms with E-state index in [1.165, 1.54) is 0 Å². The Balaban J connectivity index is 0. The molecule has 0 aromatic carbocycles. The van der Waals surface area contributed by atoms with E-state index < -0.39 is 12.1 Å². The zero-order valence-corrected chi connectivity index (χ0v) is 6.67. The Morgan fingerprint density at radius 3 is 1.45 bits per heavy atom. The zero-order chi connectivity index (χ0) is 9.49. The van der Waals surface area contributed by atoms with E-state index in [0.29, 0.717) is 11.8 Å². The highest BCUT2D eigenvalue weighted by Crippen LogP contribution is 2.13. The topological polar surface area (TPSA) is 37.3 Å². The Morgan fingerprint density at radius 1 is 1.27 bits per heavy atom. The highest BCUT2D eigenvalue weighted by atomic mass is 35.5. The molecule has 0 rings (SSSR count). The average molecular weight is 213 g/mol. The number of alkyl halides is 5. The second kappa shape index (κ2) is 6.54. The van der Waals surface area contributed by atoms with Crippen LogP contribution in [0.3, 0.4) is 0 Å². The van der Waals surface area contributed by atoms with Crippen LogP contribution in [0.4, 0.5) is 13.2 Å². The van der Waals surface area contributed by atoms with Gasteiger partial charge in [0.1, 0.15) is 0 Å². The maximum Gasteiger partial charge on any atom is 0.490 e. The van der Waals surface area contributed by atoms with Crippen LogP contribution in [0.15, 0.2) is 0 Å². The molecule has 0 heterocycles. The molecule has 0 saturated heterocycles. The molecule has 0 aliphatic heterocycles. The standard InChI is InChI=1S/C2H4Cl2.C2HF3O2/c3-1-2-4;3-2(4,5)1(6)7/h1-2H2;(H,6,7). The summed E-state index contributed by atoms with van der Waals surface area (Å²) in [5.74, 6) is -1.64. The highest BCUT2D eigenvalue weighted by Gasteiger charge is 2.38. The van der Waals surface area contributed by atoms with E-state index >= 15 is 0 Å². The number of carboxylic acid groups (broad SMARTS) is 1. The minimum atomic E-state index is -5.08. The van der Waals surface area contributed by atoms with E-state index in [1.54, 1.807) is 0 Å². The number of carboxylic acids is 1. The van der Waals surface area contributed by atoms with Gasteiger partial charge in [0.05, 0.1) is 0 Å². The van der Waals surface area contributed by atoms with Gasteiger partial charge in [-0.15, -0.1) is 23.2 Å². The van der Waals surface area contributed by atoms with Gasteiger partial charge in [-0.05, 0) is 0 Å². The van der Waals surface area contributed by atoms with Crippen LogP contribution in [0, 0.1) is 0 Å². The van der Waals surface area contributed by atoms with E-state index in [2.05, 4.69) is 0 Å². The van der Waals surface area contributed by atoms with Crippen molar-refractivity contribution in [3.8, 4) is 0 Å². The first-order valence-electron chi connectivity index (χ1n) is 2.28. The molecule has 0 atom stereocenters. The molecule has 0 unspecified atom stereocenters. The lowest BCUT2D eigenvalue weighted by Crippen LogP contribution is -2.21. The van der Waals surface area contributed by atoms with E-state index in [-0.39, 0.29) is 0 Å². The van der Waals surface area contributed by atoms with Gasteiger partial charge in [0.15, 0.2) is 0 Å². The predicted molar refractivity (Wildman–Crippen MR) is 35.1 cm³/mol. The van der Waals surface area contributed by atoms with Gasteiger partial charge in [0, 0.05) is 11.8 Å². The number of hydrogen-bond donors (Lipinski definition) is 1. The van der Waals surface area contributed by atoms with Crippen molar-refractivity contribution in [3.63, 3.8) is 0 Å². The smallest absolute Gasteiger partial charge is 0.475 e. The van der Waals surface area contributed by atoms with Crippen molar-refractivity contribution in [1.82, 2.24) is 0 Å². The van der Waals surface area contributed by atoms with E-state index in [1.807, 2.05) is 0 Å². The summed E-state index contributed by atoms with van der Waals surface area (Å²) >= 11 is 10.1. The molecule has 0 aromatic heterocycles. The quantitative estimate of drug-likeness (QED) is 0.677. The van der Waals surface area contributed by atoms with Crippen LogP contribution >= 0.6 is 23.2 Å². The number of halogens is 5. The van der Waals surface area contributed by atoms with Gasteiger partial charge in [-0.25, -0.2) is 4.79 Å². The second-order valence-corrected chi connectivity index (χ2v) is 1.94. The molecule has 0 aliphatic rings. The molecule has 0 spiro atoms. The molecule has 2 nitrogen and oxygen atoms in total. The van der Waals surface area contributed by atoms with E-state index in [9.17, 15) is 13.2 Å². The average Bonchev–Trinajstić information content (AvgIpc) is 1.87. The number of aliphatic carboxylic acids is 1. The van der Waals surface area contributed by atoms with Crippen LogP contribution in [0.5, 0.6) is 0 Å². The third-order valence-electron chi connectivity index (χ3n) is 0.314. The minimum Gasteiger partial charge on any atom is -0.475 e. The Hall–Kier alpha value is -0.160. The maximum atomic E-state index is 10.6. The molecule has 0 saturated carbocycles. The number of hydrogen-bond acceptors (Lipinski definition) is 1. The van der Waals surface area contributed by atoms with E-state index in [0.717, 1.165) is 0 Å². The van der Waals surface area contributed by atoms with Gasteiger partial charge in [-0.3, -0.25) is 0 Å². The number of carbonyl (C=O) groups is 1. The molecule has 0 radical (unpaired) electrons. The molecule has 0 aromatic rings. The SMILES string of the molecule is ClCCCl.O=C(O)C(F)(F)F. The molecule has 0 bridgehead atoms. The van der Waals surface area contributed by atoms with Crippen LogP contribution in [0.2, 0.25) is 0 Å². The molecule has 0 amide bonds. The Labute approximate surface area is 70.9 Å². The van der Waals surface area contributed by atoms with Crippen molar-refractivity contribution in [2.24, 2.45) is 0 Å². The number of rotatable bonds is 1. The van der Waals surface area contributed by atoms with Crippen LogP contribution in [0.1, 0.15) is 0 Å². The summed E-state index contributed by atoms with van der Waals surface area (Å²) in [4.78, 5) is 8.90. The van der Waals surface area contributed by atoms with E-state index in [4.69, 9.17) is 33.1 Å². The predicted octanol–water partition coefficient (Wildman–Crippen LogP) is 2.10. The molecule has 0 aliphatic carbocycles. The summed E-state index contributed by atoms with van der Waals surface area (Å²) in [5, 5.41) is 7.12. The largest absolute Gasteiger partial charge is 0.490 e. The summed E-state index contributed by atoms with van der Waals surface area (Å²) in [6.45, 7) is 0. The summed E-state index contributed by atoms with van der Waals surface area (Å²) in [6, 6.07) is 0. The van der Waals surface area contributed by atoms with Crippen molar-refractivity contribution in [2.45, 2.75) is 6.18 Å². The Bertz CT molecular complexity index is 112. The summed E-state index contributed by atoms with van der Waals surface area (Å²) in [7, 11) is 0. The van der Waals surface area contributed by atoms with Crippen molar-refractivity contribution in [1.29, 1.82) is 0 Å². The van der Waals surface area contributed by atoms with Crippen LogP contribution in [-0.4, -0.2) is 29.0 Å². The van der Waals surface area contributed by atoms with Crippen molar-refractivity contribution in [3.05, 3.63) is 0 Å². The Morgan fingerprint density at radius 2 is 1.45 bits per heavy atom. The van der Waals surface area contributed by atoms with Gasteiger partial charge < -0.3 is 5.11 Å². The Kier molecular flexibility index (Phi) is 7.99. The monoisotopic (exact) mass is 212 g/mol. The lowest BCUT2D eigenvalue weighted by atomic mass is 10.7. The van der Waals surface area contributed by atoms with Gasteiger partial charge in [0.25, 0.3) is 0 Å². The van der Waals surface area contributed by atoms with Crippen LogP contribution in [0.25, 0.3) is 0 Å². The molecule has 11 heavy (non-hydrogen) atoms. The van der Waals surface area contributed by atoms with Gasteiger partial charge in [0.2, 0.25) is 0 Å². The van der Waals surface area contributed by atoms with Crippen molar-refractivity contribution >= 4 is 29.2 Å². The molecular formula is C4H5Cl2F3O2. The molecule has 1 N–H and O–H groups in total. The fourth-order valence-electron chi connectivity index (χ4n) is 0. The van der Waals surface area contributed by atoms with Gasteiger partial charge in [-0.1, -0.05) is 0 Å². The van der Waals surface area contributed by atoms with Crippen molar-refractivity contribution in [2.75, 3.05) is 11.8 Å².